The van der Waals surface area contributed by atoms with Gasteiger partial charge in [-0.25, -0.2) is 4.39 Å². The Morgan fingerprint density at radius 1 is 1.41 bits per heavy atom. The van der Waals surface area contributed by atoms with Gasteiger partial charge in [-0.1, -0.05) is 11.6 Å². The standard InChI is InChI=1S/C13H19ClFNO/c1-9-7-11(14)10(8-12(9)15)13(16(2)3)5-4-6-17/h7-8,13,17H,4-6H2,1-3H3. The second-order valence-electron chi connectivity index (χ2n) is 4.47. The number of hydrogen-bond donors (Lipinski definition) is 1. The van der Waals surface area contributed by atoms with Gasteiger partial charge in [-0.2, -0.15) is 0 Å². The predicted molar refractivity (Wildman–Crippen MR) is 68.9 cm³/mol. The van der Waals surface area contributed by atoms with E-state index in [9.17, 15) is 4.39 Å². The lowest BCUT2D eigenvalue weighted by Crippen LogP contribution is -2.21. The number of halogens is 2. The number of aryl methyl sites for hydroxylation is 1. The highest BCUT2D eigenvalue weighted by Crippen LogP contribution is 2.31. The van der Waals surface area contributed by atoms with Crippen molar-refractivity contribution in [2.24, 2.45) is 0 Å². The molecule has 0 heterocycles. The first-order chi connectivity index (χ1) is 7.97. The van der Waals surface area contributed by atoms with Crippen molar-refractivity contribution in [3.63, 3.8) is 0 Å². The number of hydrogen-bond acceptors (Lipinski definition) is 2. The largest absolute Gasteiger partial charge is 0.396 e. The molecular weight excluding hydrogens is 241 g/mol. The van der Waals surface area contributed by atoms with Crippen molar-refractivity contribution in [3.05, 3.63) is 34.1 Å². The van der Waals surface area contributed by atoms with Crippen molar-refractivity contribution in [3.8, 4) is 0 Å². The Morgan fingerprint density at radius 2 is 2.06 bits per heavy atom. The molecule has 0 aromatic heterocycles. The normalized spacial score (nSPS) is 13.1. The van der Waals surface area contributed by atoms with E-state index in [1.807, 2.05) is 19.0 Å². The minimum Gasteiger partial charge on any atom is -0.396 e. The Kier molecular flexibility index (Phi) is 5.37. The van der Waals surface area contributed by atoms with Crippen molar-refractivity contribution in [2.75, 3.05) is 20.7 Å². The second-order valence-corrected chi connectivity index (χ2v) is 4.88. The maximum atomic E-state index is 13.6. The lowest BCUT2D eigenvalue weighted by Gasteiger charge is -2.25. The summed E-state index contributed by atoms with van der Waals surface area (Å²) in [6.07, 6.45) is 1.43. The van der Waals surface area contributed by atoms with Crippen molar-refractivity contribution in [1.29, 1.82) is 0 Å². The maximum Gasteiger partial charge on any atom is 0.126 e. The predicted octanol–water partition coefficient (Wildman–Crippen LogP) is 3.16. The number of aliphatic hydroxyl groups is 1. The van der Waals surface area contributed by atoms with Crippen LogP contribution in [0.1, 0.15) is 30.0 Å². The Balaban J connectivity index is 3.05. The van der Waals surface area contributed by atoms with E-state index in [4.69, 9.17) is 16.7 Å². The highest BCUT2D eigenvalue weighted by molar-refractivity contribution is 6.31. The van der Waals surface area contributed by atoms with Crippen molar-refractivity contribution < 1.29 is 9.50 Å². The topological polar surface area (TPSA) is 23.5 Å². The first-order valence-electron chi connectivity index (χ1n) is 5.70. The molecule has 1 aromatic rings. The third-order valence-corrected chi connectivity index (χ3v) is 3.22. The van der Waals surface area contributed by atoms with Gasteiger partial charge in [-0.15, -0.1) is 0 Å². The molecule has 0 amide bonds. The molecule has 0 bridgehead atoms. The highest BCUT2D eigenvalue weighted by Gasteiger charge is 2.18. The minimum atomic E-state index is -0.236. The van der Waals surface area contributed by atoms with Crippen LogP contribution in [0.25, 0.3) is 0 Å². The molecule has 17 heavy (non-hydrogen) atoms. The van der Waals surface area contributed by atoms with Gasteiger partial charge in [0.05, 0.1) is 0 Å². The summed E-state index contributed by atoms with van der Waals surface area (Å²) in [5.41, 5.74) is 1.34. The average Bonchev–Trinajstić information content (AvgIpc) is 2.25. The molecule has 2 nitrogen and oxygen atoms in total. The fraction of sp³-hybridized carbons (Fsp3) is 0.538. The molecule has 1 aromatic carbocycles. The van der Waals surface area contributed by atoms with Gasteiger partial charge < -0.3 is 10.0 Å². The molecule has 0 aliphatic carbocycles. The van der Waals surface area contributed by atoms with E-state index in [1.54, 1.807) is 13.0 Å². The van der Waals surface area contributed by atoms with Gasteiger partial charge >= 0.3 is 0 Å². The molecule has 0 saturated heterocycles. The van der Waals surface area contributed by atoms with Gasteiger partial charge in [0.25, 0.3) is 0 Å². The Labute approximate surface area is 107 Å². The number of benzene rings is 1. The monoisotopic (exact) mass is 259 g/mol. The lowest BCUT2D eigenvalue weighted by atomic mass is 9.99. The van der Waals surface area contributed by atoms with Crippen molar-refractivity contribution in [2.45, 2.75) is 25.8 Å². The van der Waals surface area contributed by atoms with E-state index in [2.05, 4.69) is 0 Å². The smallest absolute Gasteiger partial charge is 0.126 e. The van der Waals surface area contributed by atoms with Crippen LogP contribution in [-0.4, -0.2) is 30.7 Å². The van der Waals surface area contributed by atoms with Crippen LogP contribution >= 0.6 is 11.6 Å². The summed E-state index contributed by atoms with van der Waals surface area (Å²) >= 11 is 6.16. The third-order valence-electron chi connectivity index (χ3n) is 2.90. The van der Waals surface area contributed by atoms with Crippen molar-refractivity contribution >= 4 is 11.6 Å². The van der Waals surface area contributed by atoms with Gasteiger partial charge in [0.15, 0.2) is 0 Å². The van der Waals surface area contributed by atoms with E-state index >= 15 is 0 Å². The maximum absolute atomic E-state index is 13.6. The van der Waals surface area contributed by atoms with Gasteiger partial charge in [0.2, 0.25) is 0 Å². The quantitative estimate of drug-likeness (QED) is 0.878. The van der Waals surface area contributed by atoms with E-state index in [0.717, 1.165) is 12.0 Å². The number of aliphatic hydroxyl groups excluding tert-OH is 1. The van der Waals surface area contributed by atoms with Crippen LogP contribution in [0.4, 0.5) is 4.39 Å². The molecule has 0 radical (unpaired) electrons. The molecule has 1 rings (SSSR count). The number of nitrogens with zero attached hydrogens (tertiary/aromatic N) is 1. The fourth-order valence-corrected chi connectivity index (χ4v) is 2.24. The van der Waals surface area contributed by atoms with Crippen LogP contribution in [-0.2, 0) is 0 Å². The first kappa shape index (κ1) is 14.4. The van der Waals surface area contributed by atoms with Gasteiger partial charge in [0.1, 0.15) is 5.82 Å². The summed E-state index contributed by atoms with van der Waals surface area (Å²) in [5, 5.41) is 9.47. The van der Waals surface area contributed by atoms with Gasteiger partial charge in [-0.05, 0) is 57.1 Å². The summed E-state index contributed by atoms with van der Waals surface area (Å²) < 4.78 is 13.6. The van der Waals surface area contributed by atoms with Crippen LogP contribution in [0.2, 0.25) is 5.02 Å². The zero-order chi connectivity index (χ0) is 13.0. The highest BCUT2D eigenvalue weighted by atomic mass is 35.5. The summed E-state index contributed by atoms with van der Waals surface area (Å²) in [4.78, 5) is 1.99. The molecule has 4 heteroatoms. The van der Waals surface area contributed by atoms with Crippen LogP contribution in [0.3, 0.4) is 0 Å². The van der Waals surface area contributed by atoms with Gasteiger partial charge in [-0.3, -0.25) is 0 Å². The molecule has 0 saturated carbocycles. The molecule has 0 aliphatic rings. The average molecular weight is 260 g/mol. The summed E-state index contributed by atoms with van der Waals surface area (Å²) in [6, 6.07) is 3.19. The second kappa shape index (κ2) is 6.34. The van der Waals surface area contributed by atoms with Crippen LogP contribution < -0.4 is 0 Å². The fourth-order valence-electron chi connectivity index (χ4n) is 1.89. The zero-order valence-corrected chi connectivity index (χ0v) is 11.3. The van der Waals surface area contributed by atoms with E-state index in [1.165, 1.54) is 6.07 Å². The summed E-state index contributed by atoms with van der Waals surface area (Å²) in [5.74, 6) is -0.236. The minimum absolute atomic E-state index is 0.0322. The Hall–Kier alpha value is -0.640. The molecule has 0 spiro atoms. The third kappa shape index (κ3) is 3.66. The van der Waals surface area contributed by atoms with Crippen LogP contribution in [0.15, 0.2) is 12.1 Å². The van der Waals surface area contributed by atoms with Crippen molar-refractivity contribution in [1.82, 2.24) is 4.90 Å². The first-order valence-corrected chi connectivity index (χ1v) is 6.08. The molecule has 96 valence electrons. The van der Waals surface area contributed by atoms with E-state index < -0.39 is 0 Å². The Morgan fingerprint density at radius 3 is 2.59 bits per heavy atom. The zero-order valence-electron chi connectivity index (χ0n) is 10.5. The SMILES string of the molecule is Cc1cc(Cl)c(C(CCCO)N(C)C)cc1F. The molecule has 1 N–H and O–H groups in total. The van der Waals surface area contributed by atoms with Crippen LogP contribution in [0, 0.1) is 12.7 Å². The van der Waals surface area contributed by atoms with Crippen LogP contribution in [0.5, 0.6) is 0 Å². The molecule has 1 unspecified atom stereocenters. The lowest BCUT2D eigenvalue weighted by molar-refractivity contribution is 0.235. The molecule has 0 fully saturated rings. The van der Waals surface area contributed by atoms with E-state index in [-0.39, 0.29) is 18.5 Å². The van der Waals surface area contributed by atoms with Gasteiger partial charge in [0, 0.05) is 17.7 Å². The molecular formula is C13H19ClFNO. The summed E-state index contributed by atoms with van der Waals surface area (Å²) in [6.45, 7) is 1.83. The molecule has 0 aliphatic heterocycles. The van der Waals surface area contributed by atoms with E-state index in [0.29, 0.717) is 17.0 Å². The number of rotatable bonds is 5. The summed E-state index contributed by atoms with van der Waals surface area (Å²) in [7, 11) is 3.85. The molecule has 1 atom stereocenters. The Bertz CT molecular complexity index is 382.